The van der Waals surface area contributed by atoms with Crippen molar-refractivity contribution in [3.8, 4) is 5.69 Å². The number of aromatic nitrogens is 2. The second-order valence-corrected chi connectivity index (χ2v) is 5.81. The molecule has 1 aliphatic rings. The minimum Gasteiger partial charge on any atom is -0.479 e. The first-order valence-electron chi connectivity index (χ1n) is 6.92. The number of rotatable bonds is 3. The maximum absolute atomic E-state index is 14.0. The number of hydrogen-bond acceptors (Lipinski definition) is 3. The van der Waals surface area contributed by atoms with Crippen LogP contribution in [0.5, 0.6) is 0 Å². The van der Waals surface area contributed by atoms with Crippen molar-refractivity contribution in [3.63, 3.8) is 0 Å². The van der Waals surface area contributed by atoms with Gasteiger partial charge in [-0.15, -0.1) is 0 Å². The number of aliphatic carboxylic acids is 1. The van der Waals surface area contributed by atoms with Crippen molar-refractivity contribution >= 4 is 23.5 Å². The molecule has 1 unspecified atom stereocenters. The van der Waals surface area contributed by atoms with Crippen molar-refractivity contribution in [1.82, 2.24) is 14.7 Å². The predicted octanol–water partition coefficient (Wildman–Crippen LogP) is 2.16. The van der Waals surface area contributed by atoms with Crippen molar-refractivity contribution in [3.05, 3.63) is 47.2 Å². The van der Waals surface area contributed by atoms with E-state index in [1.807, 2.05) is 0 Å². The first-order chi connectivity index (χ1) is 10.9. The highest BCUT2D eigenvalue weighted by molar-refractivity contribution is 6.30. The van der Waals surface area contributed by atoms with E-state index >= 15 is 0 Å². The Bertz CT molecular complexity index is 779. The molecular formula is C15H13ClFN3O3. The zero-order valence-corrected chi connectivity index (χ0v) is 12.7. The van der Waals surface area contributed by atoms with E-state index < -0.39 is 24.1 Å². The van der Waals surface area contributed by atoms with Crippen molar-refractivity contribution < 1.29 is 19.1 Å². The molecule has 1 N–H and O–H groups in total. The minimum atomic E-state index is -2.38. The number of carbonyl (C=O) groups is 2. The molecule has 0 spiro atoms. The average Bonchev–Trinajstić information content (AvgIpc) is 3.14. The van der Waals surface area contributed by atoms with Gasteiger partial charge in [0.05, 0.1) is 12.2 Å². The number of halogens is 2. The fourth-order valence-corrected chi connectivity index (χ4v) is 2.67. The fourth-order valence-electron chi connectivity index (χ4n) is 2.48. The van der Waals surface area contributed by atoms with Crippen LogP contribution in [0.25, 0.3) is 5.69 Å². The van der Waals surface area contributed by atoms with Crippen LogP contribution in [-0.2, 0) is 4.79 Å². The summed E-state index contributed by atoms with van der Waals surface area (Å²) >= 11 is 5.92. The Morgan fingerprint density at radius 2 is 2.13 bits per heavy atom. The van der Waals surface area contributed by atoms with Gasteiger partial charge in [-0.05, 0) is 24.3 Å². The lowest BCUT2D eigenvalue weighted by atomic mass is 10.1. The molecule has 1 aliphatic heterocycles. The van der Waals surface area contributed by atoms with Crippen LogP contribution in [0.4, 0.5) is 4.39 Å². The van der Waals surface area contributed by atoms with Gasteiger partial charge < -0.3 is 10.0 Å². The molecule has 2 aromatic rings. The van der Waals surface area contributed by atoms with Gasteiger partial charge >= 0.3 is 5.97 Å². The second kappa shape index (κ2) is 5.66. The van der Waals surface area contributed by atoms with Gasteiger partial charge in [0.15, 0.2) is 5.69 Å². The summed E-state index contributed by atoms with van der Waals surface area (Å²) in [7, 11) is 0. The average molecular weight is 338 g/mol. The maximum Gasteiger partial charge on any atom is 0.343 e. The molecule has 3 rings (SSSR count). The zero-order chi connectivity index (χ0) is 16.6. The number of nitrogens with zero attached hydrogens (tertiary/aromatic N) is 3. The summed E-state index contributed by atoms with van der Waals surface area (Å²) in [5, 5.41) is 13.6. The van der Waals surface area contributed by atoms with Crippen LogP contribution >= 0.6 is 11.6 Å². The molecule has 0 aliphatic carbocycles. The van der Waals surface area contributed by atoms with Gasteiger partial charge in [-0.2, -0.15) is 5.10 Å². The third kappa shape index (κ3) is 2.92. The Balaban J connectivity index is 1.79. The number of hydrogen-bond donors (Lipinski definition) is 1. The summed E-state index contributed by atoms with van der Waals surface area (Å²) < 4.78 is 15.5. The van der Waals surface area contributed by atoms with Crippen LogP contribution in [0.2, 0.25) is 5.02 Å². The third-order valence-corrected chi connectivity index (χ3v) is 4.01. The van der Waals surface area contributed by atoms with E-state index in [4.69, 9.17) is 16.7 Å². The molecule has 0 bridgehead atoms. The van der Waals surface area contributed by atoms with Gasteiger partial charge in [-0.25, -0.2) is 13.9 Å². The lowest BCUT2D eigenvalue weighted by Crippen LogP contribution is -2.39. The fraction of sp³-hybridized carbons (Fsp3) is 0.267. The van der Waals surface area contributed by atoms with Crippen LogP contribution in [0.3, 0.4) is 0 Å². The highest BCUT2D eigenvalue weighted by atomic mass is 35.5. The van der Waals surface area contributed by atoms with Gasteiger partial charge in [0.25, 0.3) is 5.91 Å². The molecule has 1 atom stereocenters. The van der Waals surface area contributed by atoms with E-state index in [1.54, 1.807) is 30.5 Å². The van der Waals surface area contributed by atoms with Gasteiger partial charge in [0.2, 0.25) is 5.67 Å². The van der Waals surface area contributed by atoms with Crippen LogP contribution in [0, 0.1) is 0 Å². The number of carboxylic acid groups (broad SMARTS) is 1. The molecule has 1 amide bonds. The number of carbonyl (C=O) groups excluding carboxylic acids is 1. The SMILES string of the molecule is O=C(c1ccn(-c2cccc(Cl)c2)n1)N1CCC(F)(C(=O)O)C1. The second-order valence-electron chi connectivity index (χ2n) is 5.37. The van der Waals surface area contributed by atoms with Crippen molar-refractivity contribution in [2.45, 2.75) is 12.1 Å². The quantitative estimate of drug-likeness (QED) is 0.931. The number of amides is 1. The van der Waals surface area contributed by atoms with E-state index in [-0.39, 0.29) is 18.7 Å². The van der Waals surface area contributed by atoms with E-state index in [9.17, 15) is 14.0 Å². The molecule has 0 radical (unpaired) electrons. The first-order valence-corrected chi connectivity index (χ1v) is 7.30. The highest BCUT2D eigenvalue weighted by Crippen LogP contribution is 2.27. The summed E-state index contributed by atoms with van der Waals surface area (Å²) in [5.74, 6) is -2.04. The Morgan fingerprint density at radius 3 is 2.78 bits per heavy atom. The van der Waals surface area contributed by atoms with E-state index in [0.29, 0.717) is 10.7 Å². The summed E-state index contributed by atoms with van der Waals surface area (Å²) in [4.78, 5) is 24.4. The molecule has 1 fully saturated rings. The lowest BCUT2D eigenvalue weighted by molar-refractivity contribution is -0.149. The van der Waals surface area contributed by atoms with E-state index in [1.165, 1.54) is 15.6 Å². The Morgan fingerprint density at radius 1 is 1.35 bits per heavy atom. The summed E-state index contributed by atoms with van der Waals surface area (Å²) in [5.41, 5.74) is -1.58. The number of alkyl halides is 1. The summed E-state index contributed by atoms with van der Waals surface area (Å²) in [6.45, 7) is -0.420. The van der Waals surface area contributed by atoms with Crippen molar-refractivity contribution in [2.24, 2.45) is 0 Å². The van der Waals surface area contributed by atoms with Crippen LogP contribution < -0.4 is 0 Å². The molecule has 120 valence electrons. The number of likely N-dealkylation sites (tertiary alicyclic amines) is 1. The van der Waals surface area contributed by atoms with Gasteiger partial charge in [0.1, 0.15) is 0 Å². The standard InChI is InChI=1S/C15H13ClFN3O3/c16-10-2-1-3-11(8-10)20-6-4-12(18-20)13(21)19-7-5-15(17,9-19)14(22)23/h1-4,6,8H,5,7,9H2,(H,22,23). The van der Waals surface area contributed by atoms with Crippen LogP contribution in [0.1, 0.15) is 16.9 Å². The molecule has 23 heavy (non-hydrogen) atoms. The predicted molar refractivity (Wildman–Crippen MR) is 80.6 cm³/mol. The summed E-state index contributed by atoms with van der Waals surface area (Å²) in [6.07, 6.45) is 1.37. The third-order valence-electron chi connectivity index (χ3n) is 3.77. The molecule has 1 aromatic carbocycles. The maximum atomic E-state index is 14.0. The Labute approximate surface area is 136 Å². The zero-order valence-electron chi connectivity index (χ0n) is 11.9. The van der Waals surface area contributed by atoms with E-state index in [0.717, 1.165) is 0 Å². The minimum absolute atomic E-state index is 0.0473. The number of benzene rings is 1. The van der Waals surface area contributed by atoms with Gasteiger partial charge in [0, 0.05) is 24.2 Å². The Kier molecular flexibility index (Phi) is 3.81. The van der Waals surface area contributed by atoms with Gasteiger partial charge in [-0.1, -0.05) is 17.7 Å². The molecule has 2 heterocycles. The largest absolute Gasteiger partial charge is 0.479 e. The molecule has 1 saturated heterocycles. The molecule has 0 saturated carbocycles. The lowest BCUT2D eigenvalue weighted by Gasteiger charge is -2.16. The highest BCUT2D eigenvalue weighted by Gasteiger charge is 2.47. The molecule has 6 nitrogen and oxygen atoms in total. The molecule has 1 aromatic heterocycles. The number of carboxylic acids is 1. The normalized spacial score (nSPS) is 20.7. The van der Waals surface area contributed by atoms with Crippen LogP contribution in [0.15, 0.2) is 36.5 Å². The molecular weight excluding hydrogens is 325 g/mol. The summed E-state index contributed by atoms with van der Waals surface area (Å²) in [6, 6.07) is 8.45. The molecule has 8 heteroatoms. The van der Waals surface area contributed by atoms with Crippen LogP contribution in [-0.4, -0.2) is 50.4 Å². The van der Waals surface area contributed by atoms with Crippen molar-refractivity contribution in [1.29, 1.82) is 0 Å². The first kappa shape index (κ1) is 15.5. The monoisotopic (exact) mass is 337 g/mol. The van der Waals surface area contributed by atoms with E-state index in [2.05, 4.69) is 5.10 Å². The van der Waals surface area contributed by atoms with Crippen molar-refractivity contribution in [2.75, 3.05) is 13.1 Å². The topological polar surface area (TPSA) is 75.4 Å². The van der Waals surface area contributed by atoms with Gasteiger partial charge in [-0.3, -0.25) is 4.79 Å². The smallest absolute Gasteiger partial charge is 0.343 e. The Hall–Kier alpha value is -2.41.